The minimum absolute atomic E-state index is 0.451. The number of aromatic nitrogens is 1. The first-order valence-electron chi connectivity index (χ1n) is 7.81. The molecule has 0 aliphatic rings. The van der Waals surface area contributed by atoms with Crippen molar-refractivity contribution in [3.05, 3.63) is 82.8 Å². The molecule has 3 aromatic carbocycles. The van der Waals surface area contributed by atoms with Gasteiger partial charge in [0.25, 0.3) is 7.29 Å². The summed E-state index contributed by atoms with van der Waals surface area (Å²) in [4.78, 5) is 4.63. The lowest BCUT2D eigenvalue weighted by Crippen LogP contribution is -2.21. The zero-order valence-electron chi connectivity index (χ0n) is 13.4. The highest BCUT2D eigenvalue weighted by Crippen LogP contribution is 2.47. The van der Waals surface area contributed by atoms with Gasteiger partial charge in [0.15, 0.2) is 4.75 Å². The van der Waals surface area contributed by atoms with Gasteiger partial charge < -0.3 is 5.09 Å². The van der Waals surface area contributed by atoms with Crippen LogP contribution in [0.2, 0.25) is 10.0 Å². The lowest BCUT2D eigenvalue weighted by molar-refractivity contribution is 0.590. The Balaban J connectivity index is 1.90. The van der Waals surface area contributed by atoms with Gasteiger partial charge in [-0.05, 0) is 42.5 Å². The highest BCUT2D eigenvalue weighted by Gasteiger charge is 2.32. The standard InChI is InChI=1S/C19H13Cl2N2OPS/c20-13-10-11-15(21)17(12-13)23-25(24,14-6-2-1-3-7-14)19-22-16-8-4-5-9-18(16)26-19/h1-12H,(H,23,24). The molecule has 0 radical (unpaired) electrons. The lowest BCUT2D eigenvalue weighted by Gasteiger charge is -2.20. The van der Waals surface area contributed by atoms with Crippen LogP contribution in [0.25, 0.3) is 10.2 Å². The van der Waals surface area contributed by atoms with Crippen LogP contribution >= 0.6 is 41.8 Å². The van der Waals surface area contributed by atoms with Crippen LogP contribution in [0.3, 0.4) is 0 Å². The van der Waals surface area contributed by atoms with Crippen molar-refractivity contribution in [2.24, 2.45) is 0 Å². The summed E-state index contributed by atoms with van der Waals surface area (Å²) < 4.78 is 15.7. The molecule has 1 unspecified atom stereocenters. The fraction of sp³-hybridized carbons (Fsp3) is 0. The van der Waals surface area contributed by atoms with E-state index in [0.717, 1.165) is 10.2 Å². The summed E-state index contributed by atoms with van der Waals surface area (Å²) in [6, 6.07) is 22.1. The van der Waals surface area contributed by atoms with Gasteiger partial charge >= 0.3 is 0 Å². The summed E-state index contributed by atoms with van der Waals surface area (Å²) in [6.45, 7) is 0. The van der Waals surface area contributed by atoms with Crippen molar-refractivity contribution in [2.45, 2.75) is 0 Å². The van der Waals surface area contributed by atoms with Gasteiger partial charge in [0.1, 0.15) is 0 Å². The first kappa shape index (κ1) is 17.6. The number of thiazole rings is 1. The summed E-state index contributed by atoms with van der Waals surface area (Å²) in [5, 5.41) is 4.77. The number of nitrogens with zero attached hydrogens (tertiary/aromatic N) is 1. The number of para-hydroxylation sites is 1. The Morgan fingerprint density at radius 1 is 0.923 bits per heavy atom. The monoisotopic (exact) mass is 418 g/mol. The fourth-order valence-corrected chi connectivity index (χ4v) is 6.79. The molecule has 1 aromatic heterocycles. The highest BCUT2D eigenvalue weighted by molar-refractivity contribution is 7.84. The van der Waals surface area contributed by atoms with E-state index in [-0.39, 0.29) is 0 Å². The topological polar surface area (TPSA) is 42.0 Å². The van der Waals surface area contributed by atoms with Crippen LogP contribution in [0.1, 0.15) is 0 Å². The van der Waals surface area contributed by atoms with Crippen LogP contribution in [0, 0.1) is 0 Å². The van der Waals surface area contributed by atoms with Crippen LogP contribution in [0.5, 0.6) is 0 Å². The number of hydrogen-bond acceptors (Lipinski definition) is 3. The van der Waals surface area contributed by atoms with Gasteiger partial charge in [0.2, 0.25) is 0 Å². The molecule has 0 saturated heterocycles. The van der Waals surface area contributed by atoms with E-state index in [4.69, 9.17) is 23.2 Å². The van der Waals surface area contributed by atoms with Crippen molar-refractivity contribution in [1.82, 2.24) is 4.98 Å². The van der Waals surface area contributed by atoms with Crippen molar-refractivity contribution in [3.8, 4) is 0 Å². The maximum atomic E-state index is 14.2. The Morgan fingerprint density at radius 2 is 1.65 bits per heavy atom. The first-order valence-corrected chi connectivity index (χ1v) is 11.1. The number of rotatable bonds is 4. The third-order valence-electron chi connectivity index (χ3n) is 3.88. The maximum Gasteiger partial charge on any atom is 0.254 e. The molecule has 130 valence electrons. The molecule has 0 aliphatic carbocycles. The third-order valence-corrected chi connectivity index (χ3v) is 8.55. The largest absolute Gasteiger partial charge is 0.326 e. The second-order valence-electron chi connectivity index (χ2n) is 5.64. The summed E-state index contributed by atoms with van der Waals surface area (Å²) in [6.07, 6.45) is 0. The van der Waals surface area contributed by atoms with Gasteiger partial charge in [-0.1, -0.05) is 53.5 Å². The van der Waals surface area contributed by atoms with Crippen molar-refractivity contribution < 1.29 is 4.57 Å². The average Bonchev–Trinajstić information content (AvgIpc) is 3.10. The summed E-state index contributed by atoms with van der Waals surface area (Å²) in [5.74, 6) is 0. The number of fused-ring (bicyclic) bond motifs is 1. The molecule has 1 heterocycles. The second-order valence-corrected chi connectivity index (χ2v) is 10.2. The van der Waals surface area contributed by atoms with E-state index in [1.807, 2.05) is 54.6 Å². The Kier molecular flexibility index (Phi) is 4.76. The Morgan fingerprint density at radius 3 is 2.42 bits per heavy atom. The lowest BCUT2D eigenvalue weighted by atomic mass is 10.3. The van der Waals surface area contributed by atoms with Crippen LogP contribution in [0.4, 0.5) is 5.69 Å². The van der Waals surface area contributed by atoms with E-state index in [1.165, 1.54) is 11.3 Å². The molecule has 0 bridgehead atoms. The number of halogens is 2. The number of anilines is 1. The molecule has 3 nitrogen and oxygen atoms in total. The molecule has 1 atom stereocenters. The molecular weight excluding hydrogens is 406 g/mol. The van der Waals surface area contributed by atoms with Gasteiger partial charge in [-0.2, -0.15) is 0 Å². The third kappa shape index (κ3) is 3.26. The Bertz CT molecular complexity index is 1100. The van der Waals surface area contributed by atoms with Crippen LogP contribution in [-0.2, 0) is 4.57 Å². The molecule has 0 amide bonds. The van der Waals surface area contributed by atoms with E-state index < -0.39 is 7.29 Å². The molecule has 0 spiro atoms. The smallest absolute Gasteiger partial charge is 0.254 e. The van der Waals surface area contributed by atoms with Gasteiger partial charge in [-0.25, -0.2) is 4.98 Å². The molecule has 0 fully saturated rings. The van der Waals surface area contributed by atoms with Crippen molar-refractivity contribution in [2.75, 3.05) is 5.09 Å². The molecule has 0 saturated carbocycles. The van der Waals surface area contributed by atoms with Crippen molar-refractivity contribution in [3.63, 3.8) is 0 Å². The summed E-state index contributed by atoms with van der Waals surface area (Å²) in [7, 11) is -3.25. The van der Waals surface area contributed by atoms with E-state index >= 15 is 0 Å². The van der Waals surface area contributed by atoms with Crippen molar-refractivity contribution >= 4 is 67.8 Å². The van der Waals surface area contributed by atoms with Crippen LogP contribution < -0.4 is 15.1 Å². The van der Waals surface area contributed by atoms with Crippen LogP contribution in [0.15, 0.2) is 72.8 Å². The normalized spacial score (nSPS) is 13.5. The predicted molar refractivity (Wildman–Crippen MR) is 113 cm³/mol. The molecular formula is C19H13Cl2N2OPS. The first-order chi connectivity index (χ1) is 12.6. The summed E-state index contributed by atoms with van der Waals surface area (Å²) >= 11 is 13.8. The van der Waals surface area contributed by atoms with Crippen molar-refractivity contribution in [1.29, 1.82) is 0 Å². The van der Waals surface area contributed by atoms with E-state index in [1.54, 1.807) is 18.2 Å². The second kappa shape index (κ2) is 7.05. The predicted octanol–water partition coefficient (Wildman–Crippen LogP) is 5.94. The molecule has 26 heavy (non-hydrogen) atoms. The number of benzene rings is 3. The molecule has 7 heteroatoms. The molecule has 1 N–H and O–H groups in total. The highest BCUT2D eigenvalue weighted by atomic mass is 35.5. The van der Waals surface area contributed by atoms with Crippen LogP contribution in [-0.4, -0.2) is 4.98 Å². The minimum Gasteiger partial charge on any atom is -0.326 e. The number of nitrogens with one attached hydrogen (secondary N) is 1. The van der Waals surface area contributed by atoms with E-state index in [2.05, 4.69) is 10.1 Å². The fourth-order valence-electron chi connectivity index (χ4n) is 2.61. The minimum atomic E-state index is -3.25. The quantitative estimate of drug-likeness (QED) is 0.416. The Hall–Kier alpha value is -1.84. The molecule has 4 aromatic rings. The average molecular weight is 419 g/mol. The molecule has 4 rings (SSSR count). The van der Waals surface area contributed by atoms with Gasteiger partial charge in [0.05, 0.1) is 20.9 Å². The zero-order chi connectivity index (χ0) is 18.1. The van der Waals surface area contributed by atoms with E-state index in [0.29, 0.717) is 25.8 Å². The SMILES string of the molecule is O=P(Nc1cc(Cl)ccc1Cl)(c1ccccc1)c1nc2ccccc2s1. The molecule has 0 aliphatic heterocycles. The van der Waals surface area contributed by atoms with Gasteiger partial charge in [-0.15, -0.1) is 11.3 Å². The number of hydrogen-bond donors (Lipinski definition) is 1. The van der Waals surface area contributed by atoms with Gasteiger partial charge in [-0.3, -0.25) is 4.57 Å². The van der Waals surface area contributed by atoms with Gasteiger partial charge in [0, 0.05) is 10.3 Å². The Labute approximate surface area is 165 Å². The van der Waals surface area contributed by atoms with E-state index in [9.17, 15) is 4.57 Å². The summed E-state index contributed by atoms with van der Waals surface area (Å²) in [5.41, 5.74) is 1.34. The zero-order valence-corrected chi connectivity index (χ0v) is 16.6. The maximum absolute atomic E-state index is 14.2.